The van der Waals surface area contributed by atoms with E-state index in [1.807, 2.05) is 0 Å². The van der Waals surface area contributed by atoms with Gasteiger partial charge in [-0.25, -0.2) is 0 Å². The van der Waals surface area contributed by atoms with E-state index in [-0.39, 0.29) is 0 Å². The molecule has 0 bridgehead atoms. The Morgan fingerprint density at radius 3 is 2.18 bits per heavy atom. The molecular weight excluding hydrogens is 396 g/mol. The fourth-order valence-electron chi connectivity index (χ4n) is 6.93. The third-order valence-electron chi connectivity index (χ3n) is 9.90. The monoisotopic (exact) mass is 456 g/mol. The second-order valence-corrected chi connectivity index (χ2v) is 13.0. The zero-order chi connectivity index (χ0) is 24.4. The van der Waals surface area contributed by atoms with Crippen LogP contribution in [0.15, 0.2) is 0 Å². The van der Waals surface area contributed by atoms with Crippen molar-refractivity contribution in [2.45, 2.75) is 145 Å². The van der Waals surface area contributed by atoms with Crippen LogP contribution in [-0.4, -0.2) is 0 Å². The van der Waals surface area contributed by atoms with Crippen molar-refractivity contribution in [3.63, 3.8) is 0 Å². The predicted octanol–water partition coefficient (Wildman–Crippen LogP) is 10.6. The summed E-state index contributed by atoms with van der Waals surface area (Å²) in [5.41, 5.74) is 0.500. The quantitative estimate of drug-likeness (QED) is 0.151. The first kappa shape index (κ1) is 28.8. The van der Waals surface area contributed by atoms with Gasteiger partial charge in [0.15, 0.2) is 0 Å². The maximum Gasteiger partial charge on any atom is 0.0236 e. The average Bonchev–Trinajstić information content (AvgIpc) is 3.70. The largest absolute Gasteiger partial charge is 0.103 e. The van der Waals surface area contributed by atoms with E-state index in [1.165, 1.54) is 83.5 Å². The Morgan fingerprint density at radius 1 is 0.818 bits per heavy atom. The van der Waals surface area contributed by atoms with Crippen molar-refractivity contribution >= 4 is 0 Å². The highest BCUT2D eigenvalue weighted by Crippen LogP contribution is 2.57. The van der Waals surface area contributed by atoms with Crippen LogP contribution < -0.4 is 0 Å². The van der Waals surface area contributed by atoms with E-state index >= 15 is 0 Å². The molecule has 0 nitrogen and oxygen atoms in total. The smallest absolute Gasteiger partial charge is 0.0236 e. The Bertz CT molecular complexity index is 589. The number of hydrogen-bond acceptors (Lipinski definition) is 0. The topological polar surface area (TPSA) is 0 Å². The van der Waals surface area contributed by atoms with Crippen LogP contribution in [0.3, 0.4) is 0 Å². The zero-order valence-electron chi connectivity index (χ0n) is 24.0. The molecule has 0 spiro atoms. The molecule has 0 heterocycles. The Balaban J connectivity index is 1.91. The maximum absolute atomic E-state index is 3.81. The Morgan fingerprint density at radius 2 is 1.55 bits per heavy atom. The summed E-state index contributed by atoms with van der Waals surface area (Å²) in [6, 6.07) is 0. The minimum Gasteiger partial charge on any atom is -0.103 e. The molecule has 33 heavy (non-hydrogen) atoms. The normalized spacial score (nSPS) is 27.9. The minimum absolute atomic E-state index is 0.500. The molecular formula is C33H60. The van der Waals surface area contributed by atoms with Crippen LogP contribution in [0.25, 0.3) is 0 Å². The van der Waals surface area contributed by atoms with Gasteiger partial charge in [-0.05, 0) is 72.5 Å². The molecule has 0 aromatic carbocycles. The summed E-state index contributed by atoms with van der Waals surface area (Å²) in [5.74, 6) is 14.5. The predicted molar refractivity (Wildman–Crippen MR) is 148 cm³/mol. The van der Waals surface area contributed by atoms with Crippen molar-refractivity contribution in [3.8, 4) is 11.8 Å². The molecule has 0 heteroatoms. The maximum atomic E-state index is 3.81. The van der Waals surface area contributed by atoms with Crippen LogP contribution in [0.4, 0.5) is 0 Å². The second-order valence-electron chi connectivity index (χ2n) is 13.0. The number of unbranched alkanes of at least 4 members (excludes halogenated alkanes) is 4. The molecule has 0 aromatic rings. The molecule has 0 radical (unpaired) electrons. The lowest BCUT2D eigenvalue weighted by atomic mass is 9.73. The lowest BCUT2D eigenvalue weighted by Gasteiger charge is -2.32. The van der Waals surface area contributed by atoms with Gasteiger partial charge in [-0.3, -0.25) is 0 Å². The van der Waals surface area contributed by atoms with Gasteiger partial charge in [0.25, 0.3) is 0 Å². The molecule has 0 amide bonds. The minimum atomic E-state index is 0.500. The van der Waals surface area contributed by atoms with Gasteiger partial charge in [-0.2, -0.15) is 0 Å². The number of rotatable bonds is 17. The van der Waals surface area contributed by atoms with E-state index in [1.54, 1.807) is 0 Å². The summed E-state index contributed by atoms with van der Waals surface area (Å²) in [5, 5.41) is 0. The lowest BCUT2D eigenvalue weighted by Crippen LogP contribution is -2.22. The van der Waals surface area contributed by atoms with Gasteiger partial charge < -0.3 is 0 Å². The third kappa shape index (κ3) is 9.26. The molecule has 2 rings (SSSR count). The van der Waals surface area contributed by atoms with Gasteiger partial charge in [0.1, 0.15) is 0 Å². The summed E-state index contributed by atoms with van der Waals surface area (Å²) in [7, 11) is 0. The highest BCUT2D eigenvalue weighted by molar-refractivity contribution is 5.11. The molecule has 2 aliphatic rings. The van der Waals surface area contributed by atoms with Crippen molar-refractivity contribution in [2.24, 2.45) is 52.8 Å². The number of hydrogen-bond donors (Lipinski definition) is 0. The molecule has 8 unspecified atom stereocenters. The molecule has 0 saturated heterocycles. The van der Waals surface area contributed by atoms with E-state index in [2.05, 4.69) is 67.2 Å². The van der Waals surface area contributed by atoms with E-state index < -0.39 is 0 Å². The van der Waals surface area contributed by atoms with Gasteiger partial charge in [0, 0.05) is 12.3 Å². The summed E-state index contributed by atoms with van der Waals surface area (Å²) in [4.78, 5) is 0. The molecule has 0 aliphatic heterocycles. The van der Waals surface area contributed by atoms with E-state index in [0.29, 0.717) is 11.3 Å². The highest BCUT2D eigenvalue weighted by Gasteiger charge is 2.49. The van der Waals surface area contributed by atoms with Crippen LogP contribution >= 0.6 is 0 Å². The van der Waals surface area contributed by atoms with Gasteiger partial charge >= 0.3 is 0 Å². The van der Waals surface area contributed by atoms with Crippen molar-refractivity contribution in [1.82, 2.24) is 0 Å². The van der Waals surface area contributed by atoms with Gasteiger partial charge in [-0.1, -0.05) is 119 Å². The van der Waals surface area contributed by atoms with Crippen LogP contribution in [0.5, 0.6) is 0 Å². The first-order valence-electron chi connectivity index (χ1n) is 15.3. The molecule has 0 aromatic heterocycles. The van der Waals surface area contributed by atoms with E-state index in [4.69, 9.17) is 0 Å². The van der Waals surface area contributed by atoms with Gasteiger partial charge in [-0.15, -0.1) is 5.92 Å². The van der Waals surface area contributed by atoms with Crippen LogP contribution in [0.1, 0.15) is 145 Å². The van der Waals surface area contributed by atoms with Crippen LogP contribution in [0.2, 0.25) is 0 Å². The van der Waals surface area contributed by atoms with Crippen molar-refractivity contribution in [3.05, 3.63) is 0 Å². The van der Waals surface area contributed by atoms with Crippen molar-refractivity contribution in [2.75, 3.05) is 0 Å². The lowest BCUT2D eigenvalue weighted by molar-refractivity contribution is 0.184. The molecule has 192 valence electrons. The Labute approximate surface area is 209 Å². The van der Waals surface area contributed by atoms with Crippen molar-refractivity contribution in [1.29, 1.82) is 0 Å². The van der Waals surface area contributed by atoms with Crippen molar-refractivity contribution < 1.29 is 0 Å². The molecule has 2 saturated carbocycles. The fourth-order valence-corrected chi connectivity index (χ4v) is 6.93. The summed E-state index contributed by atoms with van der Waals surface area (Å²) in [6.45, 7) is 19.4. The first-order valence-corrected chi connectivity index (χ1v) is 15.3. The fraction of sp³-hybridized carbons (Fsp3) is 0.939. The molecule has 8 atom stereocenters. The molecule has 0 N–H and O–H groups in total. The summed E-state index contributed by atoms with van der Waals surface area (Å²) in [6.07, 6.45) is 19.5. The van der Waals surface area contributed by atoms with Gasteiger partial charge in [0.05, 0.1) is 0 Å². The van der Waals surface area contributed by atoms with E-state index in [9.17, 15) is 0 Å². The average molecular weight is 457 g/mol. The summed E-state index contributed by atoms with van der Waals surface area (Å²) < 4.78 is 0. The van der Waals surface area contributed by atoms with Gasteiger partial charge in [0.2, 0.25) is 0 Å². The highest BCUT2D eigenvalue weighted by atomic mass is 14.5. The Hall–Kier alpha value is -0.440. The Kier molecular flexibility index (Phi) is 12.4. The third-order valence-corrected chi connectivity index (χ3v) is 9.90. The van der Waals surface area contributed by atoms with Crippen LogP contribution in [-0.2, 0) is 0 Å². The second kappa shape index (κ2) is 14.2. The van der Waals surface area contributed by atoms with Crippen LogP contribution in [0, 0.1) is 64.6 Å². The van der Waals surface area contributed by atoms with E-state index in [0.717, 1.165) is 47.8 Å². The standard InChI is InChI=1S/C33H60/c1-9-13-15-16-17-19-25(5)30-23-32(30)28(20-14-10-2)21-27(18-11-3)31-22-29(31)24-33(7,8)26(6)12-4/h25-32H,9-13,15-19,21-24H2,1-8H3. The zero-order valence-corrected chi connectivity index (χ0v) is 24.0. The summed E-state index contributed by atoms with van der Waals surface area (Å²) >= 11 is 0. The first-order chi connectivity index (χ1) is 15.8. The molecule has 2 aliphatic carbocycles. The SMILES string of the molecule is CCC#CC(CC(CCC)C1CC1CC(C)(C)C(C)CC)C1CC1C(C)CCCCCCC. The molecule has 2 fully saturated rings.